The van der Waals surface area contributed by atoms with Crippen molar-refractivity contribution in [2.75, 3.05) is 0 Å². The average molecular weight is 188 g/mol. The predicted octanol–water partition coefficient (Wildman–Crippen LogP) is 1.12. The third kappa shape index (κ3) is 1.35. The Bertz CT molecular complexity index is 484. The molecular weight excluding hydrogens is 176 g/mol. The molecular formula is C10H12N4. The van der Waals surface area contributed by atoms with E-state index in [4.69, 9.17) is 11.1 Å². The van der Waals surface area contributed by atoms with Crippen LogP contribution in [0.5, 0.6) is 0 Å². The molecule has 2 heterocycles. The molecule has 2 rings (SSSR count). The van der Waals surface area contributed by atoms with Crippen molar-refractivity contribution in [3.63, 3.8) is 0 Å². The Morgan fingerprint density at radius 3 is 3.07 bits per heavy atom. The van der Waals surface area contributed by atoms with Crippen molar-refractivity contribution in [3.05, 3.63) is 35.9 Å². The Labute approximate surface area is 81.9 Å². The van der Waals surface area contributed by atoms with E-state index < -0.39 is 0 Å². The van der Waals surface area contributed by atoms with Crippen molar-refractivity contribution in [1.82, 2.24) is 9.38 Å². The fraction of sp³-hybridized carbons (Fsp3) is 0.200. The number of fused-ring (bicyclic) bond motifs is 1. The molecule has 72 valence electrons. The van der Waals surface area contributed by atoms with Crippen LogP contribution in [-0.2, 0) is 6.42 Å². The molecule has 4 heteroatoms. The summed E-state index contributed by atoms with van der Waals surface area (Å²) < 4.78 is 2.00. The van der Waals surface area contributed by atoms with E-state index >= 15 is 0 Å². The van der Waals surface area contributed by atoms with Crippen LogP contribution in [0.3, 0.4) is 0 Å². The van der Waals surface area contributed by atoms with E-state index in [1.54, 1.807) is 6.33 Å². The molecule has 0 spiro atoms. The van der Waals surface area contributed by atoms with Crippen LogP contribution >= 0.6 is 0 Å². The third-order valence-electron chi connectivity index (χ3n) is 2.21. The minimum atomic E-state index is 0.145. The first-order valence-electron chi connectivity index (χ1n) is 4.43. The fourth-order valence-electron chi connectivity index (χ4n) is 1.53. The number of pyridine rings is 1. The molecule has 0 aliphatic rings. The second kappa shape index (κ2) is 3.14. The molecule has 0 aromatic carbocycles. The lowest BCUT2D eigenvalue weighted by Crippen LogP contribution is -2.13. The molecule has 0 saturated heterocycles. The van der Waals surface area contributed by atoms with Gasteiger partial charge in [0.25, 0.3) is 0 Å². The second-order valence-corrected chi connectivity index (χ2v) is 3.32. The second-order valence-electron chi connectivity index (χ2n) is 3.32. The molecule has 14 heavy (non-hydrogen) atoms. The molecule has 0 saturated carbocycles. The number of rotatable bonds is 2. The average Bonchev–Trinajstić information content (AvgIpc) is 2.49. The van der Waals surface area contributed by atoms with E-state index in [9.17, 15) is 0 Å². The Morgan fingerprint density at radius 1 is 1.57 bits per heavy atom. The van der Waals surface area contributed by atoms with Crippen LogP contribution in [0, 0.1) is 12.3 Å². The SMILES string of the molecule is Cc1cccc2c(CC(=N)N)ncn12. The predicted molar refractivity (Wildman–Crippen MR) is 55.5 cm³/mol. The number of amidine groups is 1. The third-order valence-corrected chi connectivity index (χ3v) is 2.21. The Balaban J connectivity index is 2.58. The minimum absolute atomic E-state index is 0.145. The molecule has 0 radical (unpaired) electrons. The standard InChI is InChI=1S/C10H12N4/c1-7-3-2-4-9-8(5-10(11)12)13-6-14(7)9/h2-4,6H,5H2,1H3,(H3,11,12). The Hall–Kier alpha value is -1.84. The smallest absolute Gasteiger partial charge is 0.0997 e. The van der Waals surface area contributed by atoms with Crippen molar-refractivity contribution >= 4 is 11.4 Å². The summed E-state index contributed by atoms with van der Waals surface area (Å²) in [6.45, 7) is 2.02. The minimum Gasteiger partial charge on any atom is -0.387 e. The first-order chi connectivity index (χ1) is 6.68. The van der Waals surface area contributed by atoms with Gasteiger partial charge in [-0.1, -0.05) is 6.07 Å². The fourth-order valence-corrected chi connectivity index (χ4v) is 1.53. The van der Waals surface area contributed by atoms with Gasteiger partial charge in [0.15, 0.2) is 0 Å². The van der Waals surface area contributed by atoms with Gasteiger partial charge in [0.2, 0.25) is 0 Å². The van der Waals surface area contributed by atoms with E-state index in [0.29, 0.717) is 6.42 Å². The number of hydrogen-bond acceptors (Lipinski definition) is 2. The van der Waals surface area contributed by atoms with Gasteiger partial charge < -0.3 is 10.1 Å². The van der Waals surface area contributed by atoms with E-state index in [-0.39, 0.29) is 5.84 Å². The van der Waals surface area contributed by atoms with Crippen LogP contribution in [-0.4, -0.2) is 15.2 Å². The molecule has 2 aromatic rings. The van der Waals surface area contributed by atoms with Gasteiger partial charge in [0.1, 0.15) is 0 Å². The Morgan fingerprint density at radius 2 is 2.36 bits per heavy atom. The summed E-state index contributed by atoms with van der Waals surface area (Å²) in [7, 11) is 0. The summed E-state index contributed by atoms with van der Waals surface area (Å²) in [5.41, 5.74) is 8.37. The molecule has 4 nitrogen and oxygen atoms in total. The maximum atomic E-state index is 7.23. The van der Waals surface area contributed by atoms with Crippen molar-refractivity contribution in [2.45, 2.75) is 13.3 Å². The lowest BCUT2D eigenvalue weighted by Gasteiger charge is -1.99. The molecule has 3 N–H and O–H groups in total. The summed E-state index contributed by atoms with van der Waals surface area (Å²) in [5, 5.41) is 7.23. The molecule has 0 aliphatic heterocycles. The molecule has 0 amide bonds. The topological polar surface area (TPSA) is 67.2 Å². The zero-order valence-electron chi connectivity index (χ0n) is 7.99. The van der Waals surface area contributed by atoms with Crippen molar-refractivity contribution < 1.29 is 0 Å². The van der Waals surface area contributed by atoms with Gasteiger partial charge in [-0.3, -0.25) is 5.41 Å². The van der Waals surface area contributed by atoms with Gasteiger partial charge in [-0.15, -0.1) is 0 Å². The highest BCUT2D eigenvalue weighted by atomic mass is 15.0. The van der Waals surface area contributed by atoms with Gasteiger partial charge in [-0.2, -0.15) is 0 Å². The molecule has 0 atom stereocenters. The van der Waals surface area contributed by atoms with Gasteiger partial charge in [-0.25, -0.2) is 4.98 Å². The largest absolute Gasteiger partial charge is 0.387 e. The highest BCUT2D eigenvalue weighted by Crippen LogP contribution is 2.11. The first kappa shape index (κ1) is 8.74. The summed E-state index contributed by atoms with van der Waals surface area (Å²) in [6.07, 6.45) is 2.18. The van der Waals surface area contributed by atoms with Crippen LogP contribution in [0.2, 0.25) is 0 Å². The quantitative estimate of drug-likeness (QED) is 0.547. The van der Waals surface area contributed by atoms with Crippen molar-refractivity contribution in [1.29, 1.82) is 5.41 Å². The highest BCUT2D eigenvalue weighted by molar-refractivity contribution is 5.81. The number of nitrogens with zero attached hydrogens (tertiary/aromatic N) is 2. The summed E-state index contributed by atoms with van der Waals surface area (Å²) >= 11 is 0. The monoisotopic (exact) mass is 188 g/mol. The lowest BCUT2D eigenvalue weighted by atomic mass is 10.2. The number of imidazole rings is 1. The maximum Gasteiger partial charge on any atom is 0.0997 e. The van der Waals surface area contributed by atoms with Crippen LogP contribution in [0.25, 0.3) is 5.52 Å². The molecule has 0 aliphatic carbocycles. The van der Waals surface area contributed by atoms with Crippen LogP contribution < -0.4 is 5.73 Å². The molecule has 0 unspecified atom stereocenters. The van der Waals surface area contributed by atoms with E-state index in [0.717, 1.165) is 16.9 Å². The van der Waals surface area contributed by atoms with Crippen LogP contribution in [0.15, 0.2) is 24.5 Å². The summed E-state index contributed by atoms with van der Waals surface area (Å²) in [5.74, 6) is 0.145. The summed E-state index contributed by atoms with van der Waals surface area (Å²) in [4.78, 5) is 4.24. The molecule has 2 aromatic heterocycles. The number of aryl methyl sites for hydroxylation is 1. The first-order valence-corrected chi connectivity index (χ1v) is 4.43. The zero-order valence-corrected chi connectivity index (χ0v) is 7.99. The maximum absolute atomic E-state index is 7.23. The number of nitrogens with two attached hydrogens (primary N) is 1. The number of nitrogens with one attached hydrogen (secondary N) is 1. The Kier molecular flexibility index (Phi) is 1.96. The van der Waals surface area contributed by atoms with Gasteiger partial charge in [-0.05, 0) is 19.1 Å². The van der Waals surface area contributed by atoms with Gasteiger partial charge >= 0.3 is 0 Å². The van der Waals surface area contributed by atoms with Gasteiger partial charge in [0, 0.05) is 12.1 Å². The van der Waals surface area contributed by atoms with Crippen molar-refractivity contribution in [2.24, 2.45) is 5.73 Å². The normalized spacial score (nSPS) is 10.6. The van der Waals surface area contributed by atoms with E-state index in [1.807, 2.05) is 29.5 Å². The van der Waals surface area contributed by atoms with Crippen LogP contribution in [0.4, 0.5) is 0 Å². The zero-order chi connectivity index (χ0) is 10.1. The summed E-state index contributed by atoms with van der Waals surface area (Å²) in [6, 6.07) is 5.99. The van der Waals surface area contributed by atoms with E-state index in [1.165, 1.54) is 0 Å². The number of aromatic nitrogens is 2. The highest BCUT2D eigenvalue weighted by Gasteiger charge is 2.05. The number of hydrogen-bond donors (Lipinski definition) is 2. The lowest BCUT2D eigenvalue weighted by molar-refractivity contribution is 1.07. The van der Waals surface area contributed by atoms with E-state index in [2.05, 4.69) is 4.98 Å². The molecule has 0 fully saturated rings. The van der Waals surface area contributed by atoms with Crippen molar-refractivity contribution in [3.8, 4) is 0 Å². The van der Waals surface area contributed by atoms with Crippen LogP contribution in [0.1, 0.15) is 11.4 Å². The van der Waals surface area contributed by atoms with Gasteiger partial charge in [0.05, 0.1) is 23.4 Å². The molecule has 0 bridgehead atoms.